The molecule has 1 aromatic carbocycles. The second-order valence-electron chi connectivity index (χ2n) is 7.25. The summed E-state index contributed by atoms with van der Waals surface area (Å²) in [5, 5.41) is 3.02. The van der Waals surface area contributed by atoms with Crippen LogP contribution in [-0.4, -0.2) is 42.0 Å². The minimum Gasteiger partial charge on any atom is -0.351 e. The summed E-state index contributed by atoms with van der Waals surface area (Å²) in [4.78, 5) is 19.2. The van der Waals surface area contributed by atoms with Crippen LogP contribution in [0.5, 0.6) is 0 Å². The Hall–Kier alpha value is -2.20. The molecule has 1 aliphatic rings. The van der Waals surface area contributed by atoms with Crippen LogP contribution < -0.4 is 5.32 Å². The first kappa shape index (κ1) is 18.6. The van der Waals surface area contributed by atoms with Gasteiger partial charge in [0, 0.05) is 24.8 Å². The molecule has 4 heteroatoms. The fourth-order valence-corrected chi connectivity index (χ4v) is 3.55. The van der Waals surface area contributed by atoms with Crippen molar-refractivity contribution in [2.24, 2.45) is 5.92 Å². The Morgan fingerprint density at radius 3 is 2.69 bits per heavy atom. The van der Waals surface area contributed by atoms with Crippen molar-refractivity contribution < 1.29 is 4.79 Å². The fraction of sp³-hybridized carbons (Fsp3) is 0.455. The largest absolute Gasteiger partial charge is 0.351 e. The van der Waals surface area contributed by atoms with E-state index < -0.39 is 0 Å². The Labute approximate surface area is 156 Å². The number of likely N-dealkylation sites (tertiary alicyclic amines) is 1. The van der Waals surface area contributed by atoms with Crippen LogP contribution in [0.2, 0.25) is 0 Å². The summed E-state index contributed by atoms with van der Waals surface area (Å²) in [7, 11) is 0. The minimum absolute atomic E-state index is 0.0447. The maximum absolute atomic E-state index is 12.3. The third kappa shape index (κ3) is 4.92. The van der Waals surface area contributed by atoms with Crippen LogP contribution in [0.3, 0.4) is 0 Å². The predicted octanol–water partition coefficient (Wildman–Crippen LogP) is 3.91. The number of nitrogens with one attached hydrogen (secondary N) is 1. The molecule has 0 bridgehead atoms. The molecule has 1 amide bonds. The van der Waals surface area contributed by atoms with E-state index in [2.05, 4.69) is 41.2 Å². The molecule has 1 aromatic heterocycles. The third-order valence-corrected chi connectivity index (χ3v) is 5.34. The van der Waals surface area contributed by atoms with Gasteiger partial charge in [0.05, 0.1) is 11.3 Å². The summed E-state index contributed by atoms with van der Waals surface area (Å²) in [5.74, 6) is 0.843. The number of carbonyl (C=O) groups is 1. The molecule has 1 saturated heterocycles. The molecule has 4 nitrogen and oxygen atoms in total. The standard InChI is InChI=1S/C22H29N3O/c1-3-18-9-12-25(13-10-18)14-11-23-22(26)20-7-8-21(24-16-20)19-6-4-5-17(2)15-19/h4-8,15-16,18H,3,9-14H2,1-2H3,(H,23,26). The highest BCUT2D eigenvalue weighted by molar-refractivity contribution is 5.94. The van der Waals surface area contributed by atoms with Crippen molar-refractivity contribution in [3.05, 3.63) is 53.7 Å². The van der Waals surface area contributed by atoms with Crippen molar-refractivity contribution in [2.75, 3.05) is 26.2 Å². The van der Waals surface area contributed by atoms with Crippen molar-refractivity contribution in [1.82, 2.24) is 15.2 Å². The van der Waals surface area contributed by atoms with Gasteiger partial charge >= 0.3 is 0 Å². The van der Waals surface area contributed by atoms with Gasteiger partial charge < -0.3 is 10.2 Å². The van der Waals surface area contributed by atoms with Gasteiger partial charge in [0.15, 0.2) is 0 Å². The molecular formula is C22H29N3O. The summed E-state index contributed by atoms with van der Waals surface area (Å²) in [5.41, 5.74) is 3.79. The molecule has 0 atom stereocenters. The van der Waals surface area contributed by atoms with E-state index in [-0.39, 0.29) is 5.91 Å². The predicted molar refractivity (Wildman–Crippen MR) is 106 cm³/mol. The maximum Gasteiger partial charge on any atom is 0.252 e. The average molecular weight is 351 g/mol. The van der Waals surface area contributed by atoms with Crippen LogP contribution in [-0.2, 0) is 0 Å². The Balaban J connectivity index is 1.48. The van der Waals surface area contributed by atoms with Gasteiger partial charge in [-0.05, 0) is 57.0 Å². The van der Waals surface area contributed by atoms with E-state index in [1.165, 1.54) is 24.8 Å². The number of carbonyl (C=O) groups excluding carboxylic acids is 1. The molecule has 0 unspecified atom stereocenters. The quantitative estimate of drug-likeness (QED) is 0.858. The van der Waals surface area contributed by atoms with Gasteiger partial charge in [0.2, 0.25) is 0 Å². The van der Waals surface area contributed by atoms with E-state index in [1.54, 1.807) is 6.20 Å². The lowest BCUT2D eigenvalue weighted by Crippen LogP contribution is -2.39. The number of hydrogen-bond acceptors (Lipinski definition) is 3. The lowest BCUT2D eigenvalue weighted by atomic mass is 9.94. The van der Waals surface area contributed by atoms with Gasteiger partial charge in [0.25, 0.3) is 5.91 Å². The molecular weight excluding hydrogens is 322 g/mol. The molecule has 1 fully saturated rings. The molecule has 0 saturated carbocycles. The van der Waals surface area contributed by atoms with Crippen molar-refractivity contribution in [1.29, 1.82) is 0 Å². The minimum atomic E-state index is -0.0447. The zero-order chi connectivity index (χ0) is 18.4. The van der Waals surface area contributed by atoms with Crippen LogP contribution in [0, 0.1) is 12.8 Å². The lowest BCUT2D eigenvalue weighted by Gasteiger charge is -2.31. The second-order valence-corrected chi connectivity index (χ2v) is 7.25. The van der Waals surface area contributed by atoms with Crippen LogP contribution in [0.25, 0.3) is 11.3 Å². The average Bonchev–Trinajstić information content (AvgIpc) is 2.68. The van der Waals surface area contributed by atoms with E-state index in [1.807, 2.05) is 24.3 Å². The van der Waals surface area contributed by atoms with E-state index >= 15 is 0 Å². The smallest absolute Gasteiger partial charge is 0.252 e. The fourth-order valence-electron chi connectivity index (χ4n) is 3.55. The number of hydrogen-bond donors (Lipinski definition) is 1. The summed E-state index contributed by atoms with van der Waals surface area (Å²) in [6.45, 7) is 8.27. The van der Waals surface area contributed by atoms with Crippen LogP contribution in [0.1, 0.15) is 42.1 Å². The summed E-state index contributed by atoms with van der Waals surface area (Å²) in [6, 6.07) is 12.0. The Morgan fingerprint density at radius 2 is 2.04 bits per heavy atom. The van der Waals surface area contributed by atoms with Crippen LogP contribution in [0.4, 0.5) is 0 Å². The first-order valence-electron chi connectivity index (χ1n) is 9.69. The normalized spacial score (nSPS) is 15.8. The zero-order valence-electron chi connectivity index (χ0n) is 15.9. The molecule has 138 valence electrons. The van der Waals surface area contributed by atoms with E-state index in [0.29, 0.717) is 12.1 Å². The lowest BCUT2D eigenvalue weighted by molar-refractivity contribution is 0.0943. The molecule has 0 radical (unpaired) electrons. The highest BCUT2D eigenvalue weighted by atomic mass is 16.1. The first-order chi connectivity index (χ1) is 12.7. The van der Waals surface area contributed by atoms with E-state index in [4.69, 9.17) is 0 Å². The number of nitrogens with zero attached hydrogens (tertiary/aromatic N) is 2. The van der Waals surface area contributed by atoms with Crippen molar-refractivity contribution in [3.63, 3.8) is 0 Å². The third-order valence-electron chi connectivity index (χ3n) is 5.34. The van der Waals surface area contributed by atoms with Crippen molar-refractivity contribution >= 4 is 5.91 Å². The molecule has 1 N–H and O–H groups in total. The summed E-state index contributed by atoms with van der Waals surface area (Å²) in [6.07, 6.45) is 5.53. The zero-order valence-corrected chi connectivity index (χ0v) is 15.9. The van der Waals surface area contributed by atoms with Gasteiger partial charge in [-0.3, -0.25) is 9.78 Å². The van der Waals surface area contributed by atoms with E-state index in [0.717, 1.165) is 36.8 Å². The number of aromatic nitrogens is 1. The molecule has 0 aliphatic carbocycles. The van der Waals surface area contributed by atoms with Gasteiger partial charge in [-0.25, -0.2) is 0 Å². The molecule has 3 rings (SSSR count). The summed E-state index contributed by atoms with van der Waals surface area (Å²) < 4.78 is 0. The Kier molecular flexibility index (Phi) is 6.40. The number of amides is 1. The monoisotopic (exact) mass is 351 g/mol. The van der Waals surface area contributed by atoms with Crippen molar-refractivity contribution in [2.45, 2.75) is 33.1 Å². The number of piperidine rings is 1. The van der Waals surface area contributed by atoms with Crippen LogP contribution in [0.15, 0.2) is 42.6 Å². The molecule has 1 aliphatic heterocycles. The Morgan fingerprint density at radius 1 is 1.23 bits per heavy atom. The van der Waals surface area contributed by atoms with Gasteiger partial charge in [-0.2, -0.15) is 0 Å². The van der Waals surface area contributed by atoms with Crippen LogP contribution >= 0.6 is 0 Å². The highest BCUT2D eigenvalue weighted by Crippen LogP contribution is 2.20. The number of aryl methyl sites for hydroxylation is 1. The topological polar surface area (TPSA) is 45.2 Å². The SMILES string of the molecule is CCC1CCN(CCNC(=O)c2ccc(-c3cccc(C)c3)nc2)CC1. The van der Waals surface area contributed by atoms with Gasteiger partial charge in [-0.15, -0.1) is 0 Å². The first-order valence-corrected chi connectivity index (χ1v) is 9.69. The second kappa shape index (κ2) is 8.95. The Bertz CT molecular complexity index is 718. The summed E-state index contributed by atoms with van der Waals surface area (Å²) >= 11 is 0. The number of benzene rings is 1. The molecule has 2 heterocycles. The number of rotatable bonds is 6. The van der Waals surface area contributed by atoms with Gasteiger partial charge in [-0.1, -0.05) is 37.1 Å². The highest BCUT2D eigenvalue weighted by Gasteiger charge is 2.17. The maximum atomic E-state index is 12.3. The molecule has 2 aromatic rings. The molecule has 26 heavy (non-hydrogen) atoms. The molecule has 0 spiro atoms. The van der Waals surface area contributed by atoms with Crippen molar-refractivity contribution in [3.8, 4) is 11.3 Å². The van der Waals surface area contributed by atoms with Gasteiger partial charge in [0.1, 0.15) is 0 Å². The number of pyridine rings is 1. The van der Waals surface area contributed by atoms with E-state index in [9.17, 15) is 4.79 Å².